The lowest BCUT2D eigenvalue weighted by molar-refractivity contribution is -0.155. The van der Waals surface area contributed by atoms with Crippen molar-refractivity contribution in [3.8, 4) is 0 Å². The van der Waals surface area contributed by atoms with E-state index in [1.165, 1.54) is 31.6 Å². The molecule has 44 heavy (non-hydrogen) atoms. The standard InChI is InChI=1S/C33H50N8O3/c1-6-27-32(41-14-11-23(22-41)21-28(42)44-33(2,3)4)37-31(29(36-27)30(34)43)35-24-7-9-25(10-8-24)39-15-12-26(13-16-39)40-19-17-38(5)18-20-40/h7-10,23,26H,6,11-22H2,1-5H3,(H2,34,43)(H,35,37)/t23-/m0/s1. The first-order chi connectivity index (χ1) is 21.0. The number of aromatic nitrogens is 2. The molecule has 0 bridgehead atoms. The van der Waals surface area contributed by atoms with Gasteiger partial charge in [0.2, 0.25) is 0 Å². The van der Waals surface area contributed by atoms with Gasteiger partial charge in [-0.3, -0.25) is 14.5 Å². The Hall–Kier alpha value is -3.44. The molecule has 11 nitrogen and oxygen atoms in total. The molecule has 0 unspecified atom stereocenters. The molecule has 1 aromatic heterocycles. The Morgan fingerprint density at radius 3 is 2.23 bits per heavy atom. The van der Waals surface area contributed by atoms with Crippen LogP contribution in [0.25, 0.3) is 0 Å². The van der Waals surface area contributed by atoms with Gasteiger partial charge in [-0.05, 0) is 83.7 Å². The fourth-order valence-corrected chi connectivity index (χ4v) is 6.59. The maximum Gasteiger partial charge on any atom is 0.306 e. The maximum absolute atomic E-state index is 12.4. The first-order valence-electron chi connectivity index (χ1n) is 16.2. The number of carbonyl (C=O) groups excluding carboxylic acids is 2. The predicted molar refractivity (Wildman–Crippen MR) is 175 cm³/mol. The van der Waals surface area contributed by atoms with Gasteiger partial charge >= 0.3 is 5.97 Å². The number of aryl methyl sites for hydroxylation is 1. The van der Waals surface area contributed by atoms with Crippen LogP contribution >= 0.6 is 0 Å². The molecule has 3 aliphatic rings. The number of hydrogen-bond donors (Lipinski definition) is 2. The lowest BCUT2D eigenvalue weighted by atomic mass is 10.0. The number of piperidine rings is 1. The highest BCUT2D eigenvalue weighted by molar-refractivity contribution is 5.96. The molecule has 240 valence electrons. The van der Waals surface area contributed by atoms with Gasteiger partial charge in [-0.2, -0.15) is 0 Å². The van der Waals surface area contributed by atoms with Gasteiger partial charge < -0.3 is 30.5 Å². The average molecular weight is 607 g/mol. The third kappa shape index (κ3) is 7.98. The van der Waals surface area contributed by atoms with E-state index in [9.17, 15) is 9.59 Å². The molecule has 0 aliphatic carbocycles. The number of piperazine rings is 1. The summed E-state index contributed by atoms with van der Waals surface area (Å²) in [7, 11) is 2.21. The zero-order valence-electron chi connectivity index (χ0n) is 27.1. The zero-order valence-corrected chi connectivity index (χ0v) is 27.1. The molecular weight excluding hydrogens is 556 g/mol. The lowest BCUT2D eigenvalue weighted by Gasteiger charge is -2.42. The Morgan fingerprint density at radius 2 is 1.61 bits per heavy atom. The summed E-state index contributed by atoms with van der Waals surface area (Å²) in [6.07, 6.45) is 4.20. The minimum absolute atomic E-state index is 0.130. The number of ether oxygens (including phenoxy) is 1. The van der Waals surface area contributed by atoms with Crippen LogP contribution in [0.15, 0.2) is 24.3 Å². The molecule has 11 heteroatoms. The van der Waals surface area contributed by atoms with Crippen molar-refractivity contribution in [2.75, 3.05) is 74.5 Å². The number of nitrogens with zero attached hydrogens (tertiary/aromatic N) is 6. The van der Waals surface area contributed by atoms with E-state index in [1.54, 1.807) is 0 Å². The fraction of sp³-hybridized carbons (Fsp3) is 0.636. The largest absolute Gasteiger partial charge is 0.460 e. The third-order valence-electron chi connectivity index (χ3n) is 8.99. The van der Waals surface area contributed by atoms with Crippen LogP contribution in [0.4, 0.5) is 23.0 Å². The number of benzene rings is 1. The molecule has 1 amide bonds. The topological polar surface area (TPSA) is 120 Å². The molecule has 1 atom stereocenters. The number of rotatable bonds is 9. The number of carbonyl (C=O) groups is 2. The van der Waals surface area contributed by atoms with E-state index in [-0.39, 0.29) is 17.6 Å². The summed E-state index contributed by atoms with van der Waals surface area (Å²) in [5, 5.41) is 3.32. The van der Waals surface area contributed by atoms with Crippen LogP contribution in [0.1, 0.15) is 69.6 Å². The van der Waals surface area contributed by atoms with E-state index in [0.717, 1.165) is 56.3 Å². The molecular formula is C33H50N8O3. The average Bonchev–Trinajstić information content (AvgIpc) is 3.45. The molecule has 3 saturated heterocycles. The molecule has 0 saturated carbocycles. The maximum atomic E-state index is 12.4. The van der Waals surface area contributed by atoms with Crippen molar-refractivity contribution in [1.29, 1.82) is 0 Å². The Kier molecular flexibility index (Phi) is 9.94. The molecule has 1 aromatic carbocycles. The van der Waals surface area contributed by atoms with Crippen LogP contribution in [0.3, 0.4) is 0 Å². The first-order valence-corrected chi connectivity index (χ1v) is 16.2. The van der Waals surface area contributed by atoms with Crippen LogP contribution in [-0.2, 0) is 16.0 Å². The highest BCUT2D eigenvalue weighted by Crippen LogP contribution is 2.31. The molecule has 3 fully saturated rings. The Morgan fingerprint density at radius 1 is 0.955 bits per heavy atom. The summed E-state index contributed by atoms with van der Waals surface area (Å²) in [4.78, 5) is 44.1. The van der Waals surface area contributed by atoms with Crippen LogP contribution in [-0.4, -0.2) is 103 Å². The van der Waals surface area contributed by atoms with Crippen molar-refractivity contribution in [2.24, 2.45) is 11.7 Å². The smallest absolute Gasteiger partial charge is 0.306 e. The summed E-state index contributed by atoms with van der Waals surface area (Å²) in [6.45, 7) is 15.8. The number of likely N-dealkylation sites (N-methyl/N-ethyl adjacent to an activating group) is 1. The van der Waals surface area contributed by atoms with Gasteiger partial charge in [0, 0.05) is 69.8 Å². The third-order valence-corrected chi connectivity index (χ3v) is 8.99. The number of amides is 1. The molecule has 2 aromatic rings. The van der Waals surface area contributed by atoms with E-state index in [1.807, 2.05) is 39.8 Å². The van der Waals surface area contributed by atoms with E-state index < -0.39 is 11.5 Å². The SMILES string of the molecule is CCc1nc(C(N)=O)c(Nc2ccc(N3CCC(N4CCN(C)CC4)CC3)cc2)nc1N1CC[C@@H](CC(=O)OC(C)(C)C)C1. The van der Waals surface area contributed by atoms with E-state index in [2.05, 4.69) is 49.1 Å². The highest BCUT2D eigenvalue weighted by Gasteiger charge is 2.31. The van der Waals surface area contributed by atoms with Crippen molar-refractivity contribution in [1.82, 2.24) is 19.8 Å². The van der Waals surface area contributed by atoms with Gasteiger partial charge in [-0.25, -0.2) is 9.97 Å². The van der Waals surface area contributed by atoms with E-state index in [0.29, 0.717) is 31.2 Å². The molecule has 0 spiro atoms. The van der Waals surface area contributed by atoms with Gasteiger partial charge in [0.1, 0.15) is 5.60 Å². The fourth-order valence-electron chi connectivity index (χ4n) is 6.59. The van der Waals surface area contributed by atoms with Crippen LogP contribution in [0.2, 0.25) is 0 Å². The zero-order chi connectivity index (χ0) is 31.4. The predicted octanol–water partition coefficient (Wildman–Crippen LogP) is 3.66. The normalized spacial score (nSPS) is 20.6. The van der Waals surface area contributed by atoms with E-state index in [4.69, 9.17) is 15.5 Å². The van der Waals surface area contributed by atoms with Gasteiger partial charge in [-0.15, -0.1) is 0 Å². The van der Waals surface area contributed by atoms with Crippen molar-refractivity contribution in [3.05, 3.63) is 35.7 Å². The monoisotopic (exact) mass is 606 g/mol. The van der Waals surface area contributed by atoms with Crippen molar-refractivity contribution in [2.45, 2.75) is 71.4 Å². The van der Waals surface area contributed by atoms with Gasteiger partial charge in [-0.1, -0.05) is 6.92 Å². The molecule has 3 aliphatic heterocycles. The van der Waals surface area contributed by atoms with Gasteiger partial charge in [0.15, 0.2) is 17.3 Å². The second-order valence-electron chi connectivity index (χ2n) is 13.5. The van der Waals surface area contributed by atoms with Gasteiger partial charge in [0.25, 0.3) is 5.91 Å². The molecule has 5 rings (SSSR count). The first kappa shape index (κ1) is 32.0. The highest BCUT2D eigenvalue weighted by atomic mass is 16.6. The van der Waals surface area contributed by atoms with Crippen LogP contribution in [0.5, 0.6) is 0 Å². The Bertz CT molecular complexity index is 1300. The molecule has 0 radical (unpaired) electrons. The van der Waals surface area contributed by atoms with Crippen LogP contribution in [0, 0.1) is 5.92 Å². The summed E-state index contributed by atoms with van der Waals surface area (Å²) >= 11 is 0. The minimum Gasteiger partial charge on any atom is -0.460 e. The van der Waals surface area contributed by atoms with E-state index >= 15 is 0 Å². The van der Waals surface area contributed by atoms with Crippen molar-refractivity contribution in [3.63, 3.8) is 0 Å². The Balaban J connectivity index is 1.24. The lowest BCUT2D eigenvalue weighted by Crippen LogP contribution is -2.52. The van der Waals surface area contributed by atoms with Crippen LogP contribution < -0.4 is 20.9 Å². The molecule has 3 N–H and O–H groups in total. The minimum atomic E-state index is -0.620. The number of anilines is 4. The number of hydrogen-bond acceptors (Lipinski definition) is 10. The number of nitrogens with two attached hydrogens (primary N) is 1. The number of nitrogens with one attached hydrogen (secondary N) is 1. The van der Waals surface area contributed by atoms with Gasteiger partial charge in [0.05, 0.1) is 12.1 Å². The molecule has 4 heterocycles. The second kappa shape index (κ2) is 13.7. The number of primary amides is 1. The van der Waals surface area contributed by atoms with Crippen molar-refractivity contribution >= 4 is 34.9 Å². The Labute approximate surface area is 262 Å². The summed E-state index contributed by atoms with van der Waals surface area (Å²) < 4.78 is 5.54. The summed E-state index contributed by atoms with van der Waals surface area (Å²) in [5.41, 5.74) is 8.12. The summed E-state index contributed by atoms with van der Waals surface area (Å²) in [6, 6.07) is 8.97. The summed E-state index contributed by atoms with van der Waals surface area (Å²) in [5.74, 6) is 0.445. The quantitative estimate of drug-likeness (QED) is 0.409. The van der Waals surface area contributed by atoms with Crippen molar-refractivity contribution < 1.29 is 14.3 Å². The second-order valence-corrected chi connectivity index (χ2v) is 13.5. The number of esters is 1.